The van der Waals surface area contributed by atoms with Crippen LogP contribution in [0.3, 0.4) is 0 Å². The van der Waals surface area contributed by atoms with Crippen LogP contribution in [0.1, 0.15) is 63.2 Å². The zero-order valence-electron chi connectivity index (χ0n) is 15.4. The molecule has 0 saturated heterocycles. The summed E-state index contributed by atoms with van der Waals surface area (Å²) in [7, 11) is 0. The lowest BCUT2D eigenvalue weighted by molar-refractivity contribution is 0.362. The number of aromatic nitrogens is 5. The monoisotopic (exact) mass is 403 g/mol. The highest BCUT2D eigenvalue weighted by atomic mass is 35.5. The molecule has 2 aromatic heterocycles. The minimum atomic E-state index is 0.227. The van der Waals surface area contributed by atoms with Crippen molar-refractivity contribution in [2.45, 2.75) is 62.4 Å². The molecule has 1 aromatic carbocycles. The Hall–Kier alpha value is -1.86. The molecule has 0 N–H and O–H groups in total. The van der Waals surface area contributed by atoms with E-state index in [1.807, 2.05) is 38.1 Å². The van der Waals surface area contributed by atoms with Gasteiger partial charge in [-0.3, -0.25) is 4.57 Å². The van der Waals surface area contributed by atoms with E-state index in [1.165, 1.54) is 12.8 Å². The van der Waals surface area contributed by atoms with Gasteiger partial charge in [0.2, 0.25) is 5.89 Å². The Balaban J connectivity index is 1.63. The maximum Gasteiger partial charge on any atom is 0.229 e. The molecule has 1 aliphatic carbocycles. The molecule has 0 aliphatic heterocycles. The maximum absolute atomic E-state index is 6.43. The van der Waals surface area contributed by atoms with Crippen molar-refractivity contribution in [2.24, 2.45) is 0 Å². The average Bonchev–Trinajstić information content (AvgIpc) is 3.40. The highest BCUT2D eigenvalue weighted by Gasteiger charge is 2.26. The van der Waals surface area contributed by atoms with Crippen molar-refractivity contribution < 1.29 is 4.52 Å². The molecule has 0 atom stereocenters. The van der Waals surface area contributed by atoms with Crippen LogP contribution in [0.25, 0.3) is 11.4 Å². The van der Waals surface area contributed by atoms with E-state index < -0.39 is 0 Å². The minimum absolute atomic E-state index is 0.227. The van der Waals surface area contributed by atoms with Crippen molar-refractivity contribution in [3.05, 3.63) is 41.0 Å². The Morgan fingerprint density at radius 1 is 1.22 bits per heavy atom. The first-order valence-electron chi connectivity index (χ1n) is 9.28. The second-order valence-corrected chi connectivity index (χ2v) is 8.44. The van der Waals surface area contributed by atoms with Crippen LogP contribution in [0, 0.1) is 0 Å². The summed E-state index contributed by atoms with van der Waals surface area (Å²) < 4.78 is 7.55. The summed E-state index contributed by atoms with van der Waals surface area (Å²) in [6, 6.07) is 8.21. The van der Waals surface area contributed by atoms with Gasteiger partial charge >= 0.3 is 0 Å². The van der Waals surface area contributed by atoms with E-state index in [9.17, 15) is 0 Å². The molecule has 0 bridgehead atoms. The molecule has 0 radical (unpaired) electrons. The zero-order valence-corrected chi connectivity index (χ0v) is 17.0. The van der Waals surface area contributed by atoms with Crippen molar-refractivity contribution in [2.75, 3.05) is 0 Å². The Bertz CT molecular complexity index is 916. The molecule has 0 unspecified atom stereocenters. The molecule has 142 valence electrons. The molecule has 1 fully saturated rings. The van der Waals surface area contributed by atoms with Crippen LogP contribution < -0.4 is 0 Å². The van der Waals surface area contributed by atoms with Gasteiger partial charge in [0.1, 0.15) is 0 Å². The summed E-state index contributed by atoms with van der Waals surface area (Å²) in [5.41, 5.74) is 0.923. The molecule has 4 rings (SSSR count). The number of hydrogen-bond donors (Lipinski definition) is 0. The van der Waals surface area contributed by atoms with Crippen LogP contribution in [-0.2, 0) is 5.75 Å². The summed E-state index contributed by atoms with van der Waals surface area (Å²) in [6.45, 7) is 4.08. The van der Waals surface area contributed by atoms with Crippen LogP contribution in [0.15, 0.2) is 33.9 Å². The van der Waals surface area contributed by atoms with E-state index in [1.54, 1.807) is 11.8 Å². The van der Waals surface area contributed by atoms with E-state index in [0.717, 1.165) is 29.4 Å². The van der Waals surface area contributed by atoms with Gasteiger partial charge in [-0.2, -0.15) is 4.98 Å². The Kier molecular flexibility index (Phi) is 5.50. The van der Waals surface area contributed by atoms with Gasteiger partial charge < -0.3 is 4.52 Å². The van der Waals surface area contributed by atoms with E-state index in [2.05, 4.69) is 24.9 Å². The van der Waals surface area contributed by atoms with Gasteiger partial charge in [-0.05, 0) is 25.0 Å². The molecule has 0 spiro atoms. The summed E-state index contributed by atoms with van der Waals surface area (Å²) >= 11 is 8.03. The second kappa shape index (κ2) is 8.02. The Morgan fingerprint density at radius 2 is 2.00 bits per heavy atom. The normalized spacial score (nSPS) is 15.1. The number of benzene rings is 1. The molecule has 2 heterocycles. The smallest absolute Gasteiger partial charge is 0.229 e. The van der Waals surface area contributed by atoms with Crippen LogP contribution in [0.4, 0.5) is 0 Å². The van der Waals surface area contributed by atoms with Gasteiger partial charge in [0.15, 0.2) is 16.8 Å². The molecule has 6 nitrogen and oxygen atoms in total. The van der Waals surface area contributed by atoms with Crippen LogP contribution in [-0.4, -0.2) is 24.9 Å². The topological polar surface area (TPSA) is 69.6 Å². The van der Waals surface area contributed by atoms with Gasteiger partial charge in [0.05, 0.1) is 10.8 Å². The predicted octanol–water partition coefficient (Wildman–Crippen LogP) is 5.51. The maximum atomic E-state index is 6.43. The molecule has 0 amide bonds. The first kappa shape index (κ1) is 18.5. The summed E-state index contributed by atoms with van der Waals surface area (Å²) in [5.74, 6) is 3.02. The molecular weight excluding hydrogens is 382 g/mol. The quantitative estimate of drug-likeness (QED) is 0.505. The van der Waals surface area contributed by atoms with Crippen molar-refractivity contribution in [3.63, 3.8) is 0 Å². The number of nitrogens with zero attached hydrogens (tertiary/aromatic N) is 5. The highest BCUT2D eigenvalue weighted by Crippen LogP contribution is 2.38. The van der Waals surface area contributed by atoms with Gasteiger partial charge in [-0.1, -0.05) is 67.3 Å². The predicted molar refractivity (Wildman–Crippen MR) is 106 cm³/mol. The summed E-state index contributed by atoms with van der Waals surface area (Å²) in [6.07, 6.45) is 4.75. The van der Waals surface area contributed by atoms with Gasteiger partial charge in [-0.25, -0.2) is 0 Å². The standard InChI is InChI=1S/C19H22ClN5OS/c1-12(2)18-21-16(24-26-18)11-27-19-23-22-17(14-9-5-6-10-15(14)20)25(19)13-7-3-4-8-13/h5-6,9-10,12-13H,3-4,7-8,11H2,1-2H3. The second-order valence-electron chi connectivity index (χ2n) is 7.09. The van der Waals surface area contributed by atoms with Crippen LogP contribution in [0.5, 0.6) is 0 Å². The van der Waals surface area contributed by atoms with Crippen LogP contribution >= 0.6 is 23.4 Å². The molecular formula is C19H22ClN5OS. The van der Waals surface area contributed by atoms with Crippen molar-refractivity contribution in [1.82, 2.24) is 24.9 Å². The third-order valence-corrected chi connectivity index (χ3v) is 6.05. The Morgan fingerprint density at radius 3 is 2.70 bits per heavy atom. The lowest BCUT2D eigenvalue weighted by Gasteiger charge is -2.17. The first-order valence-corrected chi connectivity index (χ1v) is 10.6. The van der Waals surface area contributed by atoms with E-state index in [4.69, 9.17) is 16.1 Å². The fraction of sp³-hybridized carbons (Fsp3) is 0.474. The Labute approximate surface area is 167 Å². The van der Waals surface area contributed by atoms with Gasteiger partial charge in [0.25, 0.3) is 0 Å². The van der Waals surface area contributed by atoms with Gasteiger partial charge in [0, 0.05) is 17.5 Å². The third-order valence-electron chi connectivity index (χ3n) is 4.78. The molecule has 3 aromatic rings. The van der Waals surface area contributed by atoms with Crippen molar-refractivity contribution in [3.8, 4) is 11.4 Å². The molecule has 1 saturated carbocycles. The number of thioether (sulfide) groups is 1. The molecule has 8 heteroatoms. The number of halogens is 1. The lowest BCUT2D eigenvalue weighted by atomic mass is 10.2. The zero-order chi connectivity index (χ0) is 18.8. The average molecular weight is 404 g/mol. The number of hydrogen-bond acceptors (Lipinski definition) is 6. The lowest BCUT2D eigenvalue weighted by Crippen LogP contribution is -2.08. The van der Waals surface area contributed by atoms with E-state index in [-0.39, 0.29) is 5.92 Å². The highest BCUT2D eigenvalue weighted by molar-refractivity contribution is 7.98. The number of rotatable bonds is 6. The third kappa shape index (κ3) is 3.89. The minimum Gasteiger partial charge on any atom is -0.339 e. The van der Waals surface area contributed by atoms with Gasteiger partial charge in [-0.15, -0.1) is 10.2 Å². The summed E-state index contributed by atoms with van der Waals surface area (Å²) in [4.78, 5) is 4.45. The molecule has 27 heavy (non-hydrogen) atoms. The SMILES string of the molecule is CC(C)c1nc(CSc2nnc(-c3ccccc3Cl)n2C2CCCC2)no1. The van der Waals surface area contributed by atoms with Crippen molar-refractivity contribution in [1.29, 1.82) is 0 Å². The fourth-order valence-electron chi connectivity index (χ4n) is 3.38. The first-order chi connectivity index (χ1) is 13.1. The van der Waals surface area contributed by atoms with Crippen molar-refractivity contribution >= 4 is 23.4 Å². The summed E-state index contributed by atoms with van der Waals surface area (Å²) in [5, 5.41) is 14.6. The molecule has 1 aliphatic rings. The van der Waals surface area contributed by atoms with E-state index >= 15 is 0 Å². The van der Waals surface area contributed by atoms with Crippen LogP contribution in [0.2, 0.25) is 5.02 Å². The fourth-order valence-corrected chi connectivity index (χ4v) is 4.45. The largest absolute Gasteiger partial charge is 0.339 e. The van der Waals surface area contributed by atoms with E-state index in [0.29, 0.717) is 28.5 Å².